The van der Waals surface area contributed by atoms with Gasteiger partial charge in [0.1, 0.15) is 5.82 Å². The van der Waals surface area contributed by atoms with Gasteiger partial charge in [0.25, 0.3) is 0 Å². The molecule has 0 unspecified atom stereocenters. The van der Waals surface area contributed by atoms with Crippen molar-refractivity contribution in [1.29, 1.82) is 0 Å². The summed E-state index contributed by atoms with van der Waals surface area (Å²) in [6.45, 7) is 48.4. The first-order chi connectivity index (χ1) is 50.9. The van der Waals surface area contributed by atoms with Gasteiger partial charge in [0, 0.05) is 116 Å². The standard InChI is InChI=1S/7C10H9N.C9H8N2.8C2H6/c1-8-4-2-6-10-9(8)5-3-7-11-10;1-8-2-3-10-7-11-5-4-9(10)6-8;1-8-4-5-10-9(7-8)3-2-6-11-10;1-8-4-5-9-3-2-6-11-10(9)7-8;1-8-6-11-7-9-4-2-3-5-10(8)9;1-8-6-9-4-2-3-5-10(9)7-11-8;1-8-10-5-3-2-4-9(10)6-7-11-8;1-7-10-6-8-4-2-3-5-9(8)11-7;8*1-2/h7*2-7H,1H3;2-6H,1H3;8*1-2H3. The molecule has 0 aliphatic rings. The van der Waals surface area contributed by atoms with E-state index in [0.29, 0.717) is 0 Å². The number of benzene rings is 8. The lowest BCUT2D eigenvalue weighted by atomic mass is 10.1. The van der Waals surface area contributed by atoms with Gasteiger partial charge in [-0.1, -0.05) is 280 Å². The second kappa shape index (κ2) is 55.6. The number of pyridine rings is 7. The van der Waals surface area contributed by atoms with E-state index in [0.717, 1.165) is 44.7 Å². The molecule has 16 rings (SSSR count). The Labute approximate surface area is 625 Å². The summed E-state index contributed by atoms with van der Waals surface area (Å²) in [7, 11) is 0. The number of aryl methyl sites for hydroxylation is 8. The van der Waals surface area contributed by atoms with E-state index in [4.69, 9.17) is 0 Å². The molecule has 0 N–H and O–H groups in total. The maximum Gasteiger partial charge on any atom is 0.125 e. The first kappa shape index (κ1) is 91.0. The molecule has 8 heterocycles. The van der Waals surface area contributed by atoms with Gasteiger partial charge >= 0.3 is 0 Å². The van der Waals surface area contributed by atoms with Crippen molar-refractivity contribution in [2.24, 2.45) is 0 Å². The zero-order valence-corrected chi connectivity index (χ0v) is 67.2. The third-order valence-electron chi connectivity index (χ3n) is 14.3. The molecule has 0 spiro atoms. The van der Waals surface area contributed by atoms with Crippen molar-refractivity contribution < 1.29 is 0 Å². The van der Waals surface area contributed by atoms with Gasteiger partial charge < -0.3 is 0 Å². The van der Waals surface area contributed by atoms with Crippen molar-refractivity contribution in [3.05, 3.63) is 331 Å². The van der Waals surface area contributed by atoms with Crippen LogP contribution in [0.1, 0.15) is 156 Å². The van der Waals surface area contributed by atoms with Crippen LogP contribution >= 0.6 is 0 Å². The zero-order valence-electron chi connectivity index (χ0n) is 67.2. The largest absolute Gasteiger partial charge is 0.264 e. The molecule has 0 saturated carbocycles. The van der Waals surface area contributed by atoms with Crippen LogP contribution in [0.2, 0.25) is 0 Å². The average Bonchev–Trinajstić information content (AvgIpc) is 0.840. The molecule has 0 aliphatic carbocycles. The monoisotopic (exact) mass is 1390 g/mol. The summed E-state index contributed by atoms with van der Waals surface area (Å²) >= 11 is 0. The summed E-state index contributed by atoms with van der Waals surface area (Å²) in [4.78, 5) is 37.6. The molecule has 0 radical (unpaired) electrons. The highest BCUT2D eigenvalue weighted by atomic mass is 14.9. The van der Waals surface area contributed by atoms with Gasteiger partial charge in [-0.2, -0.15) is 0 Å². The normalized spacial score (nSPS) is 9.15. The van der Waals surface area contributed by atoms with Crippen LogP contribution < -0.4 is 0 Å². The predicted octanol–water partition coefficient (Wildman–Crippen LogP) is 28.0. The van der Waals surface area contributed by atoms with Crippen molar-refractivity contribution in [3.8, 4) is 0 Å². The number of hydrogen-bond acceptors (Lipinski definition) is 9. The number of hydrogen-bond donors (Lipinski definition) is 0. The average molecular weight is 1390 g/mol. The van der Waals surface area contributed by atoms with Crippen molar-refractivity contribution in [3.63, 3.8) is 0 Å². The third kappa shape index (κ3) is 31.9. The number of nitrogens with zero attached hydrogens (tertiary/aromatic N) is 9. The van der Waals surface area contributed by atoms with Crippen molar-refractivity contribution in [2.75, 3.05) is 0 Å². The number of para-hydroxylation sites is 1. The van der Waals surface area contributed by atoms with Crippen molar-refractivity contribution >= 4 is 86.7 Å². The maximum absolute atomic E-state index is 4.26. The predicted molar refractivity (Wildman–Crippen MR) is 460 cm³/mol. The van der Waals surface area contributed by atoms with Crippen molar-refractivity contribution in [2.45, 2.75) is 166 Å². The molecule has 0 bridgehead atoms. The molecular formula is C95H119N9. The zero-order chi connectivity index (χ0) is 77.5. The Morgan fingerprint density at radius 3 is 1.31 bits per heavy atom. The highest BCUT2D eigenvalue weighted by molar-refractivity contribution is 5.86. The molecule has 0 saturated heterocycles. The summed E-state index contributed by atoms with van der Waals surface area (Å²) < 4.78 is 0. The molecule has 0 amide bonds. The number of aromatic nitrogens is 9. The Balaban J connectivity index is 0.000000578. The lowest BCUT2D eigenvalue weighted by Crippen LogP contribution is -1.86. The topological polar surface area (TPSA) is 116 Å². The Morgan fingerprint density at radius 2 is 0.663 bits per heavy atom. The highest BCUT2D eigenvalue weighted by Crippen LogP contribution is 2.19. The van der Waals surface area contributed by atoms with E-state index in [9.17, 15) is 0 Å². The maximum atomic E-state index is 4.26. The smallest absolute Gasteiger partial charge is 0.125 e. The van der Waals surface area contributed by atoms with Gasteiger partial charge in [0.15, 0.2) is 0 Å². The minimum atomic E-state index is 0.823. The van der Waals surface area contributed by atoms with E-state index < -0.39 is 0 Å². The SMILES string of the molecule is CC.CC.CC.CC.CC.CC.CC.CC.Cc1cc2ccccc2cn1.Cc1ccc2cccnc2c1.Cc1ccc2cnccc2c1.Cc1ccc2ncccc2c1.Cc1cccc2ncccc12.Cc1cncc2ccccc12.Cc1ncc2ccccc2n1.Cc1nccc2ccccc12. The molecule has 0 aliphatic heterocycles. The fraction of sp³-hybridized carbons (Fsp3) is 0.253. The summed E-state index contributed by atoms with van der Waals surface area (Å²) in [6, 6.07) is 76.1. The van der Waals surface area contributed by atoms with Gasteiger partial charge in [-0.3, -0.25) is 34.9 Å². The Hall–Kier alpha value is -11.0. The fourth-order valence-electron chi connectivity index (χ4n) is 9.63. The number of fused-ring (bicyclic) bond motifs is 8. The van der Waals surface area contributed by atoms with Gasteiger partial charge in [-0.25, -0.2) is 9.97 Å². The Morgan fingerprint density at radius 1 is 0.212 bits per heavy atom. The van der Waals surface area contributed by atoms with Crippen LogP contribution in [0.5, 0.6) is 0 Å². The van der Waals surface area contributed by atoms with E-state index in [2.05, 4.69) is 201 Å². The van der Waals surface area contributed by atoms with Crippen LogP contribution in [0.3, 0.4) is 0 Å². The summed E-state index contributed by atoms with van der Waals surface area (Å²) in [6.07, 6.45) is 18.5. The van der Waals surface area contributed by atoms with E-state index in [1.807, 2.05) is 297 Å². The third-order valence-corrected chi connectivity index (χ3v) is 14.3. The molecule has 16 aromatic rings. The Bertz CT molecular complexity index is 4220. The summed E-state index contributed by atoms with van der Waals surface area (Å²) in [5.74, 6) is 0.823. The Kier molecular flexibility index (Phi) is 48.7. The molecule has 544 valence electrons. The second-order valence-corrected chi connectivity index (χ2v) is 21.2. The molecule has 9 heteroatoms. The van der Waals surface area contributed by atoms with Gasteiger partial charge in [0.05, 0.1) is 22.1 Å². The lowest BCUT2D eigenvalue weighted by molar-refractivity contribution is 1.09. The minimum Gasteiger partial charge on any atom is -0.264 e. The summed E-state index contributed by atoms with van der Waals surface area (Å²) in [5.41, 5.74) is 12.8. The van der Waals surface area contributed by atoms with Gasteiger partial charge in [-0.05, 0) is 160 Å². The van der Waals surface area contributed by atoms with Crippen LogP contribution in [0.25, 0.3) is 86.7 Å². The van der Waals surface area contributed by atoms with Crippen molar-refractivity contribution in [1.82, 2.24) is 44.9 Å². The molecule has 9 nitrogen and oxygen atoms in total. The van der Waals surface area contributed by atoms with E-state index in [-0.39, 0.29) is 0 Å². The minimum absolute atomic E-state index is 0.823. The highest BCUT2D eigenvalue weighted by Gasteiger charge is 1.99. The first-order valence-electron chi connectivity index (χ1n) is 37.3. The fourth-order valence-corrected chi connectivity index (χ4v) is 9.63. The number of rotatable bonds is 0. The van der Waals surface area contributed by atoms with Crippen LogP contribution in [-0.4, -0.2) is 44.9 Å². The van der Waals surface area contributed by atoms with Gasteiger partial charge in [-0.15, -0.1) is 0 Å². The first-order valence-corrected chi connectivity index (χ1v) is 37.3. The van der Waals surface area contributed by atoms with E-state index >= 15 is 0 Å². The molecule has 8 aromatic carbocycles. The molecule has 0 atom stereocenters. The van der Waals surface area contributed by atoms with Gasteiger partial charge in [0.2, 0.25) is 0 Å². The van der Waals surface area contributed by atoms with E-state index in [1.54, 1.807) is 0 Å². The molecule has 0 fully saturated rings. The van der Waals surface area contributed by atoms with Crippen LogP contribution in [0.15, 0.2) is 286 Å². The van der Waals surface area contributed by atoms with E-state index in [1.165, 1.54) is 87.1 Å². The molecule has 8 aromatic heterocycles. The quantitative estimate of drug-likeness (QED) is 0.146. The second-order valence-electron chi connectivity index (χ2n) is 21.2. The molecule has 104 heavy (non-hydrogen) atoms. The van der Waals surface area contributed by atoms with Crippen LogP contribution in [-0.2, 0) is 0 Å². The summed E-state index contributed by atoms with van der Waals surface area (Å²) in [5, 5.41) is 14.7. The van der Waals surface area contributed by atoms with Crippen LogP contribution in [0, 0.1) is 55.4 Å². The van der Waals surface area contributed by atoms with Crippen LogP contribution in [0.4, 0.5) is 0 Å². The lowest BCUT2D eigenvalue weighted by Gasteiger charge is -1.98. The molecular weight excluding hydrogens is 1270 g/mol.